The van der Waals surface area contributed by atoms with Crippen LogP contribution in [0.25, 0.3) is 21.3 Å². The third-order valence-corrected chi connectivity index (χ3v) is 6.32. The van der Waals surface area contributed by atoms with Crippen LogP contribution in [-0.2, 0) is 6.54 Å². The van der Waals surface area contributed by atoms with Gasteiger partial charge < -0.3 is 5.32 Å². The number of hydrogen-bond donors (Lipinski definition) is 1. The molecule has 3 aromatic heterocycles. The van der Waals surface area contributed by atoms with E-state index in [2.05, 4.69) is 51.4 Å². The van der Waals surface area contributed by atoms with Crippen molar-refractivity contribution in [1.82, 2.24) is 19.9 Å². The molecule has 0 amide bonds. The molecule has 1 aromatic carbocycles. The molecule has 29 heavy (non-hydrogen) atoms. The van der Waals surface area contributed by atoms with Crippen molar-refractivity contribution in [3.05, 3.63) is 66.1 Å². The summed E-state index contributed by atoms with van der Waals surface area (Å²) in [6.45, 7) is 5.51. The lowest BCUT2D eigenvalue weighted by molar-refractivity contribution is 0.331. The molecule has 1 saturated heterocycles. The fraction of sp³-hybridized carbons (Fsp3) is 0.261. The molecule has 146 valence electrons. The Morgan fingerprint density at radius 1 is 1.03 bits per heavy atom. The number of nitrogens with one attached hydrogen (secondary N) is 1. The molecule has 1 aliphatic rings. The summed E-state index contributed by atoms with van der Waals surface area (Å²) in [5, 5.41) is 4.28. The van der Waals surface area contributed by atoms with Gasteiger partial charge in [-0.3, -0.25) is 9.88 Å². The van der Waals surface area contributed by atoms with Crippen molar-refractivity contribution in [3.8, 4) is 11.1 Å². The van der Waals surface area contributed by atoms with Gasteiger partial charge in [-0.1, -0.05) is 11.3 Å². The van der Waals surface area contributed by atoms with E-state index in [9.17, 15) is 0 Å². The minimum Gasteiger partial charge on any atom is -0.316 e. The molecular weight excluding hydrogens is 378 g/mol. The Balaban J connectivity index is 1.40. The fourth-order valence-corrected chi connectivity index (χ4v) is 4.82. The van der Waals surface area contributed by atoms with Crippen LogP contribution in [0.1, 0.15) is 24.0 Å². The first-order valence-electron chi connectivity index (χ1n) is 10.0. The van der Waals surface area contributed by atoms with Gasteiger partial charge in [0.05, 0.1) is 10.2 Å². The predicted molar refractivity (Wildman–Crippen MR) is 120 cm³/mol. The van der Waals surface area contributed by atoms with Gasteiger partial charge in [0.1, 0.15) is 5.82 Å². The molecule has 0 radical (unpaired) electrons. The lowest BCUT2D eigenvalue weighted by Crippen LogP contribution is -2.18. The number of aryl methyl sites for hydroxylation is 1. The average Bonchev–Trinajstić information content (AvgIpc) is 3.37. The number of benzene rings is 1. The van der Waals surface area contributed by atoms with Crippen LogP contribution >= 0.6 is 11.3 Å². The summed E-state index contributed by atoms with van der Waals surface area (Å²) in [6.07, 6.45) is 8.16. The van der Waals surface area contributed by atoms with E-state index in [0.29, 0.717) is 0 Å². The maximum atomic E-state index is 4.78. The lowest BCUT2D eigenvalue weighted by Gasteiger charge is -2.14. The molecule has 0 spiro atoms. The Labute approximate surface area is 174 Å². The third kappa shape index (κ3) is 3.99. The minimum atomic E-state index is 0.854. The van der Waals surface area contributed by atoms with Crippen molar-refractivity contribution < 1.29 is 0 Å². The van der Waals surface area contributed by atoms with Crippen LogP contribution in [0.5, 0.6) is 0 Å². The molecule has 0 unspecified atom stereocenters. The van der Waals surface area contributed by atoms with Gasteiger partial charge in [-0.15, -0.1) is 0 Å². The van der Waals surface area contributed by atoms with Crippen LogP contribution in [0, 0.1) is 6.92 Å². The van der Waals surface area contributed by atoms with Crippen molar-refractivity contribution in [2.24, 2.45) is 0 Å². The summed E-state index contributed by atoms with van der Waals surface area (Å²) >= 11 is 1.66. The second kappa shape index (κ2) is 7.89. The highest BCUT2D eigenvalue weighted by molar-refractivity contribution is 7.22. The number of fused-ring (bicyclic) bond motifs is 1. The molecule has 1 N–H and O–H groups in total. The fourth-order valence-electron chi connectivity index (χ4n) is 3.92. The second-order valence-electron chi connectivity index (χ2n) is 7.55. The Kier molecular flexibility index (Phi) is 4.96. The van der Waals surface area contributed by atoms with E-state index in [-0.39, 0.29) is 0 Å². The molecule has 5 rings (SSSR count). The topological polar surface area (TPSA) is 53.9 Å². The zero-order valence-electron chi connectivity index (χ0n) is 16.4. The number of anilines is 2. The van der Waals surface area contributed by atoms with E-state index in [0.717, 1.165) is 27.7 Å². The smallest absolute Gasteiger partial charge is 0.189 e. The summed E-state index contributed by atoms with van der Waals surface area (Å²) < 4.78 is 1.16. The molecule has 4 heterocycles. The first kappa shape index (κ1) is 18.2. The first-order chi connectivity index (χ1) is 14.2. The van der Waals surface area contributed by atoms with Gasteiger partial charge in [0, 0.05) is 25.1 Å². The minimum absolute atomic E-state index is 0.854. The summed E-state index contributed by atoms with van der Waals surface area (Å²) in [6, 6.07) is 12.7. The van der Waals surface area contributed by atoms with Crippen molar-refractivity contribution >= 4 is 32.5 Å². The van der Waals surface area contributed by atoms with E-state index in [1.165, 1.54) is 48.2 Å². The van der Waals surface area contributed by atoms with Crippen molar-refractivity contribution in [3.63, 3.8) is 0 Å². The highest BCUT2D eigenvalue weighted by atomic mass is 32.1. The van der Waals surface area contributed by atoms with Gasteiger partial charge in [0.25, 0.3) is 0 Å². The average molecular weight is 402 g/mol. The number of pyridine rings is 2. The van der Waals surface area contributed by atoms with Gasteiger partial charge in [0.2, 0.25) is 0 Å². The summed E-state index contributed by atoms with van der Waals surface area (Å²) in [7, 11) is 0. The van der Waals surface area contributed by atoms with E-state index in [1.54, 1.807) is 11.3 Å². The molecule has 1 fully saturated rings. The van der Waals surface area contributed by atoms with Crippen molar-refractivity contribution in [2.45, 2.75) is 26.3 Å². The Hall–Kier alpha value is -2.83. The quantitative estimate of drug-likeness (QED) is 0.485. The normalized spacial score (nSPS) is 14.5. The predicted octanol–water partition coefficient (Wildman–Crippen LogP) is 5.40. The Morgan fingerprint density at radius 2 is 1.86 bits per heavy atom. The Morgan fingerprint density at radius 3 is 2.69 bits per heavy atom. The van der Waals surface area contributed by atoms with Crippen LogP contribution in [0.4, 0.5) is 10.9 Å². The van der Waals surface area contributed by atoms with E-state index in [4.69, 9.17) is 4.98 Å². The van der Waals surface area contributed by atoms with Crippen LogP contribution in [-0.4, -0.2) is 32.9 Å². The number of hydrogen-bond acceptors (Lipinski definition) is 6. The summed E-state index contributed by atoms with van der Waals surface area (Å²) in [5.41, 5.74) is 5.92. The highest BCUT2D eigenvalue weighted by Gasteiger charge is 2.13. The van der Waals surface area contributed by atoms with Gasteiger partial charge in [-0.05, 0) is 91.5 Å². The SMILES string of the molecule is Cc1cc2nc(Nc3cc(CN4CCCC4)ccn3)sc2cc1-c1ccncc1. The van der Waals surface area contributed by atoms with Crippen LogP contribution < -0.4 is 5.32 Å². The molecule has 0 aliphatic carbocycles. The first-order valence-corrected chi connectivity index (χ1v) is 10.8. The summed E-state index contributed by atoms with van der Waals surface area (Å²) in [5.74, 6) is 0.854. The lowest BCUT2D eigenvalue weighted by atomic mass is 10.0. The highest BCUT2D eigenvalue weighted by Crippen LogP contribution is 2.33. The third-order valence-electron chi connectivity index (χ3n) is 5.39. The number of aromatic nitrogens is 3. The maximum absolute atomic E-state index is 4.78. The monoisotopic (exact) mass is 401 g/mol. The number of thiazole rings is 1. The zero-order valence-corrected chi connectivity index (χ0v) is 17.2. The summed E-state index contributed by atoms with van der Waals surface area (Å²) in [4.78, 5) is 15.9. The number of nitrogens with zero attached hydrogens (tertiary/aromatic N) is 4. The number of rotatable bonds is 5. The molecule has 0 bridgehead atoms. The van der Waals surface area contributed by atoms with Crippen LogP contribution in [0.15, 0.2) is 55.0 Å². The number of likely N-dealkylation sites (tertiary alicyclic amines) is 1. The van der Waals surface area contributed by atoms with Crippen LogP contribution in [0.3, 0.4) is 0 Å². The molecule has 6 heteroatoms. The largest absolute Gasteiger partial charge is 0.316 e. The van der Waals surface area contributed by atoms with Gasteiger partial charge in [-0.25, -0.2) is 9.97 Å². The van der Waals surface area contributed by atoms with Crippen molar-refractivity contribution in [2.75, 3.05) is 18.4 Å². The maximum Gasteiger partial charge on any atom is 0.189 e. The molecule has 4 aromatic rings. The molecular formula is C23H23N5S. The van der Waals surface area contributed by atoms with Crippen LogP contribution in [0.2, 0.25) is 0 Å². The van der Waals surface area contributed by atoms with Crippen molar-refractivity contribution in [1.29, 1.82) is 0 Å². The molecule has 1 aliphatic heterocycles. The zero-order chi connectivity index (χ0) is 19.6. The standard InChI is InChI=1S/C23H23N5S/c1-16-12-20-21(14-19(16)18-5-7-24-8-6-18)29-23(26-20)27-22-13-17(4-9-25-22)15-28-10-2-3-11-28/h4-9,12-14H,2-3,10-11,15H2,1H3,(H,25,26,27). The molecule has 5 nitrogen and oxygen atoms in total. The van der Waals surface area contributed by atoms with Gasteiger partial charge >= 0.3 is 0 Å². The van der Waals surface area contributed by atoms with Gasteiger partial charge in [0.15, 0.2) is 5.13 Å². The Bertz CT molecular complexity index is 1130. The van der Waals surface area contributed by atoms with E-state index >= 15 is 0 Å². The molecule has 0 atom stereocenters. The van der Waals surface area contributed by atoms with Gasteiger partial charge in [-0.2, -0.15) is 0 Å². The van der Waals surface area contributed by atoms with E-state index < -0.39 is 0 Å². The van der Waals surface area contributed by atoms with E-state index in [1.807, 2.05) is 30.7 Å². The molecule has 0 saturated carbocycles. The second-order valence-corrected chi connectivity index (χ2v) is 8.58.